The number of hydrogen-bond acceptors (Lipinski definition) is 5. The first-order chi connectivity index (χ1) is 8.71. The molecule has 0 unspecified atom stereocenters. The Morgan fingerprint density at radius 1 is 1.37 bits per heavy atom. The summed E-state index contributed by atoms with van der Waals surface area (Å²) in [6.07, 6.45) is 1.75. The highest BCUT2D eigenvalue weighted by atomic mass is 32.1. The number of amides is 1. The zero-order chi connectivity index (χ0) is 14.3. The van der Waals surface area contributed by atoms with Gasteiger partial charge in [-0.3, -0.25) is 4.79 Å². The van der Waals surface area contributed by atoms with Crippen LogP contribution in [0, 0.1) is 0 Å². The third-order valence-electron chi connectivity index (χ3n) is 3.55. The Morgan fingerprint density at radius 2 is 1.95 bits per heavy atom. The molecule has 0 aliphatic carbocycles. The maximum atomic E-state index is 10.9. The molecule has 0 saturated carbocycles. The van der Waals surface area contributed by atoms with E-state index in [1.807, 2.05) is 27.7 Å². The molecule has 7 heteroatoms. The average molecular weight is 282 g/mol. The maximum Gasteiger partial charge on any atom is 0.507 e. The predicted octanol–water partition coefficient (Wildman–Crippen LogP) is 1.08. The highest BCUT2D eigenvalue weighted by Gasteiger charge is 2.52. The molecule has 1 aliphatic heterocycles. The molecular weight excluding hydrogens is 263 g/mol. The second-order valence-corrected chi connectivity index (χ2v) is 6.80. The summed E-state index contributed by atoms with van der Waals surface area (Å²) in [6.45, 7) is 10.0. The molecule has 0 radical (unpaired) electrons. The normalized spacial score (nSPS) is 20.6. The van der Waals surface area contributed by atoms with Gasteiger partial charge in [-0.25, -0.2) is 4.98 Å². The molecule has 1 N–H and O–H groups in total. The van der Waals surface area contributed by atoms with Gasteiger partial charge in [-0.05, 0) is 27.7 Å². The summed E-state index contributed by atoms with van der Waals surface area (Å²) in [5, 5.41) is 3.57. The molecule has 0 spiro atoms. The summed E-state index contributed by atoms with van der Waals surface area (Å²) in [5.74, 6) is -0.0626. The first-order valence-electron chi connectivity index (χ1n) is 6.26. The highest BCUT2D eigenvalue weighted by Crippen LogP contribution is 2.36. The van der Waals surface area contributed by atoms with E-state index in [0.717, 1.165) is 9.78 Å². The number of nitrogens with one attached hydrogen (secondary N) is 1. The molecule has 1 amide bonds. The van der Waals surface area contributed by atoms with Crippen molar-refractivity contribution >= 4 is 29.1 Å². The van der Waals surface area contributed by atoms with Crippen LogP contribution < -0.4 is 10.1 Å². The van der Waals surface area contributed by atoms with Crippen LogP contribution >= 0.6 is 11.3 Å². The number of aromatic nitrogens is 1. The lowest BCUT2D eigenvalue weighted by Gasteiger charge is -2.32. The minimum atomic E-state index is -0.381. The van der Waals surface area contributed by atoms with Gasteiger partial charge >= 0.3 is 7.12 Å². The van der Waals surface area contributed by atoms with Crippen LogP contribution in [-0.4, -0.2) is 29.2 Å². The summed E-state index contributed by atoms with van der Waals surface area (Å²) in [6, 6.07) is 0. The molecule has 104 valence electrons. The van der Waals surface area contributed by atoms with Gasteiger partial charge in [0.1, 0.15) is 5.01 Å². The maximum absolute atomic E-state index is 10.9. The van der Waals surface area contributed by atoms with Crippen LogP contribution in [-0.2, 0) is 20.6 Å². The van der Waals surface area contributed by atoms with Gasteiger partial charge in [-0.1, -0.05) is 0 Å². The SMILES string of the molecule is CC(=O)NCc1ncc(B2OC(C)(C)C(C)(C)O2)s1. The molecular formula is C12H19BN2O3S. The number of carbonyl (C=O) groups excluding carboxylic acids is 1. The molecule has 1 aromatic heterocycles. The minimum absolute atomic E-state index is 0.0626. The van der Waals surface area contributed by atoms with Crippen molar-refractivity contribution in [3.05, 3.63) is 11.2 Å². The molecule has 5 nitrogen and oxygen atoms in total. The number of thiazole rings is 1. The quantitative estimate of drug-likeness (QED) is 0.843. The first-order valence-corrected chi connectivity index (χ1v) is 7.07. The number of carbonyl (C=O) groups is 1. The van der Waals surface area contributed by atoms with E-state index in [1.165, 1.54) is 18.3 Å². The number of hydrogen-bond donors (Lipinski definition) is 1. The predicted molar refractivity (Wildman–Crippen MR) is 75.4 cm³/mol. The average Bonchev–Trinajstić information content (AvgIpc) is 2.79. The second-order valence-electron chi connectivity index (χ2n) is 5.65. The molecule has 1 saturated heterocycles. The van der Waals surface area contributed by atoms with Gasteiger partial charge in [0.05, 0.1) is 22.5 Å². The van der Waals surface area contributed by atoms with E-state index in [4.69, 9.17) is 9.31 Å². The Balaban J connectivity index is 2.06. The van der Waals surface area contributed by atoms with Gasteiger partial charge < -0.3 is 14.6 Å². The Morgan fingerprint density at radius 3 is 2.47 bits per heavy atom. The lowest BCUT2D eigenvalue weighted by atomic mass is 9.89. The molecule has 1 fully saturated rings. The molecule has 2 heterocycles. The monoisotopic (exact) mass is 282 g/mol. The summed E-state index contributed by atoms with van der Waals surface area (Å²) in [7, 11) is -0.381. The molecule has 1 aromatic rings. The summed E-state index contributed by atoms with van der Waals surface area (Å²) < 4.78 is 12.8. The molecule has 0 atom stereocenters. The van der Waals surface area contributed by atoms with Gasteiger partial charge in [0.15, 0.2) is 0 Å². The lowest BCUT2D eigenvalue weighted by molar-refractivity contribution is -0.119. The van der Waals surface area contributed by atoms with Crippen LogP contribution in [0.4, 0.5) is 0 Å². The molecule has 1 aliphatic rings. The third-order valence-corrected chi connectivity index (χ3v) is 4.56. The van der Waals surface area contributed by atoms with E-state index in [2.05, 4.69) is 10.3 Å². The van der Waals surface area contributed by atoms with Gasteiger partial charge in [-0.15, -0.1) is 11.3 Å². The fraction of sp³-hybridized carbons (Fsp3) is 0.667. The van der Waals surface area contributed by atoms with E-state index in [-0.39, 0.29) is 24.2 Å². The van der Waals surface area contributed by atoms with Crippen molar-refractivity contribution in [1.29, 1.82) is 0 Å². The molecule has 0 bridgehead atoms. The van der Waals surface area contributed by atoms with Crippen molar-refractivity contribution in [1.82, 2.24) is 10.3 Å². The number of nitrogens with zero attached hydrogens (tertiary/aromatic N) is 1. The summed E-state index contributed by atoms with van der Waals surface area (Å²) in [4.78, 5) is 15.1. The van der Waals surface area contributed by atoms with E-state index in [9.17, 15) is 4.79 Å². The summed E-state index contributed by atoms with van der Waals surface area (Å²) >= 11 is 1.50. The van der Waals surface area contributed by atoms with E-state index in [1.54, 1.807) is 6.20 Å². The van der Waals surface area contributed by atoms with Gasteiger partial charge in [0.2, 0.25) is 5.91 Å². The molecule has 2 rings (SSSR count). The Kier molecular flexibility index (Phi) is 3.73. The Bertz CT molecular complexity index is 471. The van der Waals surface area contributed by atoms with Crippen LogP contribution in [0.25, 0.3) is 0 Å². The standard InChI is InChI=1S/C12H19BN2O3S/c1-8(16)14-7-10-15-6-9(19-10)13-17-11(2,3)12(4,5)18-13/h6H,7H2,1-5H3,(H,14,16). The van der Waals surface area contributed by atoms with Crippen LogP contribution in [0.2, 0.25) is 0 Å². The molecule has 0 aromatic carbocycles. The van der Waals surface area contributed by atoms with E-state index in [0.29, 0.717) is 6.54 Å². The van der Waals surface area contributed by atoms with E-state index >= 15 is 0 Å². The highest BCUT2D eigenvalue weighted by molar-refractivity contribution is 7.22. The fourth-order valence-electron chi connectivity index (χ4n) is 1.67. The lowest BCUT2D eigenvalue weighted by Crippen LogP contribution is -2.41. The van der Waals surface area contributed by atoms with Crippen LogP contribution in [0.1, 0.15) is 39.6 Å². The Labute approximate surface area is 117 Å². The molecule has 19 heavy (non-hydrogen) atoms. The topological polar surface area (TPSA) is 60.5 Å². The minimum Gasteiger partial charge on any atom is -0.399 e. The summed E-state index contributed by atoms with van der Waals surface area (Å²) in [5.41, 5.74) is -0.696. The van der Waals surface area contributed by atoms with Crippen molar-refractivity contribution in [3.8, 4) is 0 Å². The van der Waals surface area contributed by atoms with Crippen LogP contribution in [0.5, 0.6) is 0 Å². The smallest absolute Gasteiger partial charge is 0.399 e. The second kappa shape index (κ2) is 4.88. The first kappa shape index (κ1) is 14.5. The van der Waals surface area contributed by atoms with Crippen LogP contribution in [0.15, 0.2) is 6.20 Å². The van der Waals surface area contributed by atoms with Gasteiger partial charge in [-0.2, -0.15) is 0 Å². The zero-order valence-corrected chi connectivity index (χ0v) is 12.8. The van der Waals surface area contributed by atoms with Crippen molar-refractivity contribution in [2.75, 3.05) is 0 Å². The van der Waals surface area contributed by atoms with Crippen LogP contribution in [0.3, 0.4) is 0 Å². The van der Waals surface area contributed by atoms with Crippen molar-refractivity contribution in [2.45, 2.75) is 52.4 Å². The van der Waals surface area contributed by atoms with Crippen molar-refractivity contribution < 1.29 is 14.1 Å². The fourth-order valence-corrected chi connectivity index (χ4v) is 2.49. The number of rotatable bonds is 3. The van der Waals surface area contributed by atoms with E-state index < -0.39 is 0 Å². The van der Waals surface area contributed by atoms with Gasteiger partial charge in [0.25, 0.3) is 0 Å². The zero-order valence-electron chi connectivity index (χ0n) is 11.9. The third kappa shape index (κ3) is 2.99. The van der Waals surface area contributed by atoms with Crippen molar-refractivity contribution in [2.24, 2.45) is 0 Å². The Hall–Kier alpha value is -0.915. The van der Waals surface area contributed by atoms with Crippen molar-refractivity contribution in [3.63, 3.8) is 0 Å². The largest absolute Gasteiger partial charge is 0.507 e. The van der Waals surface area contributed by atoms with Gasteiger partial charge in [0, 0.05) is 13.1 Å².